The Morgan fingerprint density at radius 3 is 3.00 bits per heavy atom. The Balaban J connectivity index is 1.22. The SMILES string of the molecule is O=C(Nc1ccc2c(c1)OCO2)N1C[C@@H]2CCN(Cc3ccccn3)[C@@H]2C1. The van der Waals surface area contributed by atoms with Crippen LogP contribution in [0.5, 0.6) is 11.5 Å². The normalized spacial score (nSPS) is 23.5. The number of nitrogens with one attached hydrogen (secondary N) is 1. The highest BCUT2D eigenvalue weighted by Gasteiger charge is 2.42. The number of carbonyl (C=O) groups excluding carboxylic acids is 1. The second kappa shape index (κ2) is 6.74. The van der Waals surface area contributed by atoms with Gasteiger partial charge in [-0.1, -0.05) is 6.07 Å². The Bertz CT molecular complexity index is 844. The van der Waals surface area contributed by atoms with Crippen LogP contribution in [0.3, 0.4) is 0 Å². The number of urea groups is 1. The van der Waals surface area contributed by atoms with Gasteiger partial charge in [0, 0.05) is 43.6 Å². The van der Waals surface area contributed by atoms with Gasteiger partial charge >= 0.3 is 6.03 Å². The minimum Gasteiger partial charge on any atom is -0.454 e. The van der Waals surface area contributed by atoms with Gasteiger partial charge in [-0.15, -0.1) is 0 Å². The lowest BCUT2D eigenvalue weighted by Crippen LogP contribution is -2.38. The zero-order chi connectivity index (χ0) is 18.2. The van der Waals surface area contributed by atoms with E-state index in [-0.39, 0.29) is 12.8 Å². The van der Waals surface area contributed by atoms with E-state index in [4.69, 9.17) is 9.47 Å². The van der Waals surface area contributed by atoms with Crippen molar-refractivity contribution in [2.45, 2.75) is 19.0 Å². The lowest BCUT2D eigenvalue weighted by atomic mass is 10.1. The number of benzene rings is 1. The number of ether oxygens (including phenoxy) is 2. The first-order valence-electron chi connectivity index (χ1n) is 9.36. The lowest BCUT2D eigenvalue weighted by molar-refractivity contribution is 0.174. The van der Waals surface area contributed by atoms with E-state index in [1.165, 1.54) is 0 Å². The van der Waals surface area contributed by atoms with Gasteiger partial charge in [0.2, 0.25) is 6.79 Å². The molecule has 27 heavy (non-hydrogen) atoms. The number of fused-ring (bicyclic) bond motifs is 2. The molecule has 0 bridgehead atoms. The smallest absolute Gasteiger partial charge is 0.321 e. The van der Waals surface area contributed by atoms with Crippen molar-refractivity contribution in [1.82, 2.24) is 14.8 Å². The Labute approximate surface area is 157 Å². The third-order valence-electron chi connectivity index (χ3n) is 5.66. The average Bonchev–Trinajstić information content (AvgIpc) is 3.39. The highest BCUT2D eigenvalue weighted by molar-refractivity contribution is 5.90. The van der Waals surface area contributed by atoms with Crippen molar-refractivity contribution in [2.24, 2.45) is 5.92 Å². The van der Waals surface area contributed by atoms with Gasteiger partial charge in [-0.2, -0.15) is 0 Å². The van der Waals surface area contributed by atoms with E-state index in [0.29, 0.717) is 23.5 Å². The van der Waals surface area contributed by atoms with Crippen molar-refractivity contribution in [1.29, 1.82) is 0 Å². The zero-order valence-electron chi connectivity index (χ0n) is 15.0. The van der Waals surface area contributed by atoms with Crippen molar-refractivity contribution < 1.29 is 14.3 Å². The summed E-state index contributed by atoms with van der Waals surface area (Å²) in [4.78, 5) is 21.5. The van der Waals surface area contributed by atoms with E-state index in [1.807, 2.05) is 41.4 Å². The van der Waals surface area contributed by atoms with Crippen LogP contribution in [-0.2, 0) is 6.54 Å². The summed E-state index contributed by atoms with van der Waals surface area (Å²) < 4.78 is 10.7. The summed E-state index contributed by atoms with van der Waals surface area (Å²) in [6.45, 7) is 3.71. The highest BCUT2D eigenvalue weighted by Crippen LogP contribution is 2.35. The van der Waals surface area contributed by atoms with Crippen LogP contribution >= 0.6 is 0 Å². The second-order valence-electron chi connectivity index (χ2n) is 7.31. The Morgan fingerprint density at radius 2 is 2.11 bits per heavy atom. The molecule has 2 aromatic rings. The molecule has 7 heteroatoms. The summed E-state index contributed by atoms with van der Waals surface area (Å²) in [5, 5.41) is 2.99. The van der Waals surface area contributed by atoms with Crippen LogP contribution in [0, 0.1) is 5.92 Å². The molecule has 2 atom stereocenters. The monoisotopic (exact) mass is 366 g/mol. The number of pyridine rings is 1. The van der Waals surface area contributed by atoms with E-state index in [2.05, 4.69) is 21.3 Å². The molecule has 0 aliphatic carbocycles. The summed E-state index contributed by atoms with van der Waals surface area (Å²) in [5.74, 6) is 1.93. The quantitative estimate of drug-likeness (QED) is 0.904. The van der Waals surface area contributed by atoms with Crippen molar-refractivity contribution in [2.75, 3.05) is 31.7 Å². The Kier molecular flexibility index (Phi) is 4.09. The maximum absolute atomic E-state index is 12.7. The number of hydrogen-bond acceptors (Lipinski definition) is 5. The largest absolute Gasteiger partial charge is 0.454 e. The van der Waals surface area contributed by atoms with Gasteiger partial charge in [-0.3, -0.25) is 9.88 Å². The molecule has 3 aliphatic heterocycles. The maximum atomic E-state index is 12.7. The molecule has 0 radical (unpaired) electrons. The first kappa shape index (κ1) is 16.4. The topological polar surface area (TPSA) is 66.9 Å². The van der Waals surface area contributed by atoms with Crippen molar-refractivity contribution >= 4 is 11.7 Å². The maximum Gasteiger partial charge on any atom is 0.321 e. The number of nitrogens with zero attached hydrogens (tertiary/aromatic N) is 3. The molecule has 1 aromatic heterocycles. The first-order valence-corrected chi connectivity index (χ1v) is 9.36. The molecule has 7 nitrogen and oxygen atoms in total. The number of rotatable bonds is 3. The first-order chi connectivity index (χ1) is 13.3. The van der Waals surface area contributed by atoms with Crippen LogP contribution in [0.4, 0.5) is 10.5 Å². The van der Waals surface area contributed by atoms with Crippen LogP contribution in [0.1, 0.15) is 12.1 Å². The number of hydrogen-bond donors (Lipinski definition) is 1. The minimum atomic E-state index is -0.0546. The predicted molar refractivity (Wildman–Crippen MR) is 99.7 cm³/mol. The summed E-state index contributed by atoms with van der Waals surface area (Å²) in [5.41, 5.74) is 1.81. The molecule has 2 amide bonds. The molecule has 0 saturated carbocycles. The van der Waals surface area contributed by atoms with Gasteiger partial charge in [-0.25, -0.2) is 4.79 Å². The third-order valence-corrected chi connectivity index (χ3v) is 5.66. The molecule has 140 valence electrons. The van der Waals surface area contributed by atoms with Crippen molar-refractivity contribution in [3.05, 3.63) is 48.3 Å². The molecule has 2 saturated heterocycles. The van der Waals surface area contributed by atoms with Crippen molar-refractivity contribution in [3.8, 4) is 11.5 Å². The van der Waals surface area contributed by atoms with E-state index >= 15 is 0 Å². The van der Waals surface area contributed by atoms with Crippen LogP contribution < -0.4 is 14.8 Å². The van der Waals surface area contributed by atoms with Gasteiger partial charge in [0.15, 0.2) is 11.5 Å². The minimum absolute atomic E-state index is 0.0546. The standard InChI is InChI=1S/C20H22N4O3/c25-20(22-15-4-5-18-19(9-15)27-13-26-18)24-10-14-6-8-23(17(14)12-24)11-16-3-1-2-7-21-16/h1-5,7,9,14,17H,6,8,10-13H2,(H,22,25)/t14-,17+/m0/s1. The summed E-state index contributed by atoms with van der Waals surface area (Å²) in [7, 11) is 0. The number of anilines is 1. The molecule has 5 rings (SSSR count). The lowest BCUT2D eigenvalue weighted by Gasteiger charge is -2.24. The molecule has 1 aromatic carbocycles. The molecule has 4 heterocycles. The van der Waals surface area contributed by atoms with E-state index in [0.717, 1.165) is 44.0 Å². The second-order valence-corrected chi connectivity index (χ2v) is 7.31. The van der Waals surface area contributed by atoms with E-state index < -0.39 is 0 Å². The molecule has 0 spiro atoms. The van der Waals surface area contributed by atoms with Gasteiger partial charge in [-0.05, 0) is 43.1 Å². The molecule has 1 N–H and O–H groups in total. The molecule has 3 aliphatic rings. The van der Waals surface area contributed by atoms with Crippen LogP contribution in [0.2, 0.25) is 0 Å². The number of amides is 2. The number of likely N-dealkylation sites (tertiary alicyclic amines) is 2. The van der Waals surface area contributed by atoms with Gasteiger partial charge in [0.05, 0.1) is 5.69 Å². The molecule has 2 fully saturated rings. The Morgan fingerprint density at radius 1 is 1.19 bits per heavy atom. The van der Waals surface area contributed by atoms with Gasteiger partial charge in [0.1, 0.15) is 0 Å². The van der Waals surface area contributed by atoms with Gasteiger partial charge in [0.25, 0.3) is 0 Å². The van der Waals surface area contributed by atoms with E-state index in [1.54, 1.807) is 0 Å². The molecular weight excluding hydrogens is 344 g/mol. The van der Waals surface area contributed by atoms with Crippen molar-refractivity contribution in [3.63, 3.8) is 0 Å². The number of carbonyl (C=O) groups is 1. The van der Waals surface area contributed by atoms with Crippen LogP contribution in [-0.4, -0.2) is 53.3 Å². The molecular formula is C20H22N4O3. The third kappa shape index (κ3) is 3.19. The predicted octanol–water partition coefficient (Wildman–Crippen LogP) is 2.55. The average molecular weight is 366 g/mol. The fraction of sp³-hybridized carbons (Fsp3) is 0.400. The number of aromatic nitrogens is 1. The fourth-order valence-electron chi connectivity index (χ4n) is 4.29. The Hall–Kier alpha value is -2.80. The van der Waals surface area contributed by atoms with Crippen LogP contribution in [0.25, 0.3) is 0 Å². The van der Waals surface area contributed by atoms with E-state index in [9.17, 15) is 4.79 Å². The molecule has 0 unspecified atom stereocenters. The highest BCUT2D eigenvalue weighted by atomic mass is 16.7. The zero-order valence-corrected chi connectivity index (χ0v) is 15.0. The summed E-state index contributed by atoms with van der Waals surface area (Å²) in [6.07, 6.45) is 2.97. The summed E-state index contributed by atoms with van der Waals surface area (Å²) >= 11 is 0. The fourth-order valence-corrected chi connectivity index (χ4v) is 4.29. The summed E-state index contributed by atoms with van der Waals surface area (Å²) in [6, 6.07) is 11.9. The van der Waals surface area contributed by atoms with Gasteiger partial charge < -0.3 is 19.7 Å². The van der Waals surface area contributed by atoms with Crippen LogP contribution in [0.15, 0.2) is 42.6 Å².